The molecule has 3 rings (SSSR count). The molecule has 1 heterocycles. The molecule has 0 spiro atoms. The molecule has 0 amide bonds. The molecule has 6 atom stereocenters. The van der Waals surface area contributed by atoms with Gasteiger partial charge in [0.15, 0.2) is 11.1 Å². The first-order valence-electron chi connectivity index (χ1n) is 5.66. The Kier molecular flexibility index (Phi) is 2.61. The van der Waals surface area contributed by atoms with Crippen LogP contribution in [0, 0.1) is 17.2 Å². The monoisotopic (exact) mass is 250 g/mol. The highest BCUT2D eigenvalue weighted by molar-refractivity contribution is 7.81. The third-order valence-electron chi connectivity index (χ3n) is 3.74. The molecule has 0 aromatic carbocycles. The van der Waals surface area contributed by atoms with E-state index >= 15 is 0 Å². The van der Waals surface area contributed by atoms with E-state index in [9.17, 15) is 8.76 Å². The van der Waals surface area contributed by atoms with Gasteiger partial charge < -0.3 is 15.3 Å². The van der Waals surface area contributed by atoms with Crippen LogP contribution in [0.4, 0.5) is 0 Å². The summed E-state index contributed by atoms with van der Waals surface area (Å²) in [5.41, 5.74) is 0.373. The van der Waals surface area contributed by atoms with Gasteiger partial charge in [0.05, 0.1) is 0 Å². The van der Waals surface area contributed by atoms with Crippen molar-refractivity contribution in [1.29, 1.82) is 5.41 Å². The van der Waals surface area contributed by atoms with Crippen LogP contribution in [0.2, 0.25) is 0 Å². The van der Waals surface area contributed by atoms with Crippen molar-refractivity contribution in [3.05, 3.63) is 36.5 Å². The first-order valence-corrected chi connectivity index (χ1v) is 6.83. The highest BCUT2D eigenvalue weighted by Crippen LogP contribution is 2.36. The van der Waals surface area contributed by atoms with E-state index in [0.717, 1.165) is 0 Å². The molecule has 0 saturated carbocycles. The zero-order chi connectivity index (χ0) is 12.0. The van der Waals surface area contributed by atoms with Crippen LogP contribution in [-0.4, -0.2) is 31.8 Å². The van der Waals surface area contributed by atoms with E-state index in [1.165, 1.54) is 0 Å². The largest absolute Gasteiger partial charge is 0.308 e. The van der Waals surface area contributed by atoms with Crippen LogP contribution in [0.3, 0.4) is 0 Å². The molecule has 3 N–H and O–H groups in total. The standard InChI is InChI=1S/C12H14N2O2S/c13-12-10(17(15)16)6-5-9-11(12)7-3-1-2-4-8(7)14-9/h1-11,13-14H,(H,15,16). The minimum atomic E-state index is -1.98. The van der Waals surface area contributed by atoms with Gasteiger partial charge >= 0.3 is 0 Å². The molecular formula is C12H14N2O2S. The van der Waals surface area contributed by atoms with Gasteiger partial charge in [0, 0.05) is 29.6 Å². The second kappa shape index (κ2) is 4.01. The van der Waals surface area contributed by atoms with Gasteiger partial charge in [-0.25, -0.2) is 4.21 Å². The fraction of sp³-hybridized carbons (Fsp3) is 0.417. The second-order valence-electron chi connectivity index (χ2n) is 4.63. The average Bonchev–Trinajstić information content (AvgIpc) is 2.67. The van der Waals surface area contributed by atoms with Crippen LogP contribution in [0.1, 0.15) is 0 Å². The first-order chi connectivity index (χ1) is 8.18. The quantitative estimate of drug-likeness (QED) is 0.477. The molecule has 2 aliphatic carbocycles. The molecule has 17 heavy (non-hydrogen) atoms. The molecule has 0 aromatic rings. The predicted molar refractivity (Wildman–Crippen MR) is 67.4 cm³/mol. The minimum Gasteiger partial charge on any atom is -0.308 e. The number of rotatable bonds is 1. The van der Waals surface area contributed by atoms with Crippen molar-refractivity contribution in [1.82, 2.24) is 5.32 Å². The van der Waals surface area contributed by atoms with Crippen molar-refractivity contribution in [3.8, 4) is 0 Å². The fourth-order valence-electron chi connectivity index (χ4n) is 2.97. The highest BCUT2D eigenvalue weighted by atomic mass is 32.2. The third kappa shape index (κ3) is 1.66. The van der Waals surface area contributed by atoms with E-state index in [4.69, 9.17) is 5.41 Å². The van der Waals surface area contributed by atoms with Gasteiger partial charge in [-0.3, -0.25) is 0 Å². The van der Waals surface area contributed by atoms with E-state index in [1.807, 2.05) is 18.2 Å². The SMILES string of the molecule is N=C1C2C(C=CC1S(=O)O)NC1C=CC=CC12. The van der Waals surface area contributed by atoms with Gasteiger partial charge in [0.2, 0.25) is 0 Å². The maximum atomic E-state index is 11.2. The Morgan fingerprint density at radius 2 is 1.94 bits per heavy atom. The molecular weight excluding hydrogens is 236 g/mol. The Bertz CT molecular complexity index is 469. The Morgan fingerprint density at radius 1 is 1.18 bits per heavy atom. The van der Waals surface area contributed by atoms with Crippen LogP contribution in [-0.2, 0) is 11.1 Å². The minimum absolute atomic E-state index is 0.00676. The van der Waals surface area contributed by atoms with E-state index in [1.54, 1.807) is 6.08 Å². The van der Waals surface area contributed by atoms with E-state index in [-0.39, 0.29) is 23.9 Å². The zero-order valence-electron chi connectivity index (χ0n) is 9.11. The molecule has 90 valence electrons. The summed E-state index contributed by atoms with van der Waals surface area (Å²) in [6, 6.07) is 0.357. The number of allylic oxidation sites excluding steroid dienone is 2. The highest BCUT2D eigenvalue weighted by Gasteiger charge is 2.46. The van der Waals surface area contributed by atoms with Gasteiger partial charge in [-0.1, -0.05) is 36.5 Å². The van der Waals surface area contributed by atoms with Crippen molar-refractivity contribution in [3.63, 3.8) is 0 Å². The van der Waals surface area contributed by atoms with Crippen molar-refractivity contribution in [2.24, 2.45) is 11.8 Å². The fourth-order valence-corrected chi connectivity index (χ4v) is 3.56. The lowest BCUT2D eigenvalue weighted by atomic mass is 9.78. The second-order valence-corrected chi connectivity index (χ2v) is 5.69. The summed E-state index contributed by atoms with van der Waals surface area (Å²) in [7, 11) is 0. The lowest BCUT2D eigenvalue weighted by Gasteiger charge is -2.28. The average molecular weight is 250 g/mol. The third-order valence-corrected chi connectivity index (χ3v) is 4.59. The Balaban J connectivity index is 1.95. The van der Waals surface area contributed by atoms with Crippen molar-refractivity contribution < 1.29 is 8.76 Å². The van der Waals surface area contributed by atoms with Crippen molar-refractivity contribution in [2.75, 3.05) is 0 Å². The van der Waals surface area contributed by atoms with E-state index < -0.39 is 16.3 Å². The molecule has 1 saturated heterocycles. The van der Waals surface area contributed by atoms with Crippen molar-refractivity contribution in [2.45, 2.75) is 17.3 Å². The number of fused-ring (bicyclic) bond motifs is 3. The molecule has 0 bridgehead atoms. The molecule has 3 aliphatic rings. The summed E-state index contributed by atoms with van der Waals surface area (Å²) < 4.78 is 20.4. The summed E-state index contributed by atoms with van der Waals surface area (Å²) in [6.07, 6.45) is 11.8. The summed E-state index contributed by atoms with van der Waals surface area (Å²) in [5, 5.41) is 10.9. The zero-order valence-corrected chi connectivity index (χ0v) is 9.93. The Morgan fingerprint density at radius 3 is 2.71 bits per heavy atom. The van der Waals surface area contributed by atoms with Gasteiger partial charge in [0.1, 0.15) is 5.25 Å². The van der Waals surface area contributed by atoms with Crippen LogP contribution < -0.4 is 5.32 Å². The molecule has 4 nitrogen and oxygen atoms in total. The lowest BCUT2D eigenvalue weighted by Crippen LogP contribution is -2.41. The number of hydrogen-bond donors (Lipinski definition) is 3. The topological polar surface area (TPSA) is 73.2 Å². The first kappa shape index (κ1) is 11.1. The summed E-state index contributed by atoms with van der Waals surface area (Å²) in [6.45, 7) is 0. The molecule has 0 aromatic heterocycles. The molecule has 0 radical (unpaired) electrons. The van der Waals surface area contributed by atoms with E-state index in [0.29, 0.717) is 5.71 Å². The van der Waals surface area contributed by atoms with Crippen molar-refractivity contribution >= 4 is 16.8 Å². The number of nitrogens with one attached hydrogen (secondary N) is 2. The summed E-state index contributed by atoms with van der Waals surface area (Å²) >= 11 is -1.98. The maximum Gasteiger partial charge on any atom is 0.165 e. The summed E-state index contributed by atoms with van der Waals surface area (Å²) in [5.74, 6) is 0.237. The van der Waals surface area contributed by atoms with Crippen LogP contribution in [0.15, 0.2) is 36.5 Å². The van der Waals surface area contributed by atoms with Gasteiger partial charge in [-0.15, -0.1) is 0 Å². The van der Waals surface area contributed by atoms with Crippen LogP contribution in [0.25, 0.3) is 0 Å². The van der Waals surface area contributed by atoms with Crippen LogP contribution in [0.5, 0.6) is 0 Å². The predicted octanol–water partition coefficient (Wildman–Crippen LogP) is 0.865. The smallest absolute Gasteiger partial charge is 0.165 e. The maximum absolute atomic E-state index is 11.2. The van der Waals surface area contributed by atoms with Gasteiger partial charge in [-0.2, -0.15) is 0 Å². The molecule has 1 aliphatic heterocycles. The molecule has 5 heteroatoms. The Hall–Kier alpha value is -1.04. The molecule has 6 unspecified atom stereocenters. The summed E-state index contributed by atoms with van der Waals surface area (Å²) in [4.78, 5) is 0. The van der Waals surface area contributed by atoms with Gasteiger partial charge in [-0.05, 0) is 0 Å². The number of hydrogen-bond acceptors (Lipinski definition) is 3. The van der Waals surface area contributed by atoms with Crippen LogP contribution >= 0.6 is 0 Å². The lowest BCUT2D eigenvalue weighted by molar-refractivity contribution is 0.534. The van der Waals surface area contributed by atoms with Gasteiger partial charge in [0.25, 0.3) is 0 Å². The molecule has 1 fully saturated rings. The Labute approximate surface area is 102 Å². The van der Waals surface area contributed by atoms with E-state index in [2.05, 4.69) is 17.5 Å². The normalized spacial score (nSPS) is 44.5.